The van der Waals surface area contributed by atoms with E-state index in [0.29, 0.717) is 13.0 Å². The minimum absolute atomic E-state index is 0.0659. The smallest absolute Gasteiger partial charge is 0.306 e. The van der Waals surface area contributed by atoms with Crippen molar-refractivity contribution in [1.29, 1.82) is 0 Å². The standard InChI is InChI=1S/C34H64O14/c1-3-5-7-9-11-12-14-16-18-43-20-23(46-26(36)17-15-13-10-8-6-4-2)21-44-33-32(42)30(40)28(38)25(48-33)22-45-34-31(41)29(39)27(37)24(19-35)47-34/h23-25,27-35,37-42H,3-22H2,1-2H3. The van der Waals surface area contributed by atoms with Crippen LogP contribution in [0, 0.1) is 0 Å². The first-order valence-electron chi connectivity index (χ1n) is 18.1. The number of carbonyl (C=O) groups is 1. The molecule has 0 radical (unpaired) electrons. The molecule has 14 nitrogen and oxygen atoms in total. The fourth-order valence-corrected chi connectivity index (χ4v) is 5.75. The normalized spacial score (nSPS) is 31.5. The molecule has 2 aliphatic rings. The largest absolute Gasteiger partial charge is 0.457 e. The van der Waals surface area contributed by atoms with Crippen molar-refractivity contribution in [1.82, 2.24) is 0 Å². The molecular formula is C34H64O14. The highest BCUT2D eigenvalue weighted by Gasteiger charge is 2.47. The van der Waals surface area contributed by atoms with Gasteiger partial charge in [-0.05, 0) is 12.8 Å². The topological polar surface area (TPSA) is 214 Å². The zero-order valence-electron chi connectivity index (χ0n) is 29.0. The Labute approximate surface area is 285 Å². The van der Waals surface area contributed by atoms with Crippen LogP contribution in [0.25, 0.3) is 0 Å². The summed E-state index contributed by atoms with van der Waals surface area (Å²) in [5.41, 5.74) is 0. The van der Waals surface area contributed by atoms with Gasteiger partial charge in [0.15, 0.2) is 12.6 Å². The quantitative estimate of drug-likeness (QED) is 0.0504. The number of carbonyl (C=O) groups excluding carboxylic acids is 1. The molecule has 7 N–H and O–H groups in total. The van der Waals surface area contributed by atoms with E-state index in [9.17, 15) is 40.5 Å². The van der Waals surface area contributed by atoms with E-state index in [4.69, 9.17) is 28.4 Å². The summed E-state index contributed by atoms with van der Waals surface area (Å²) < 4.78 is 33.7. The van der Waals surface area contributed by atoms with Crippen LogP contribution in [-0.4, -0.2) is 142 Å². The molecule has 2 rings (SSSR count). The molecule has 11 unspecified atom stereocenters. The molecule has 0 bridgehead atoms. The molecule has 0 amide bonds. The van der Waals surface area contributed by atoms with Crippen molar-refractivity contribution in [2.45, 2.75) is 178 Å². The third-order valence-corrected chi connectivity index (χ3v) is 8.87. The Hall–Kier alpha value is -1.01. The summed E-state index contributed by atoms with van der Waals surface area (Å²) in [6.45, 7) is 3.55. The molecule has 2 saturated heterocycles. The molecule has 0 aromatic rings. The van der Waals surface area contributed by atoms with Crippen molar-refractivity contribution in [2.75, 3.05) is 33.0 Å². The van der Waals surface area contributed by atoms with Crippen LogP contribution in [0.2, 0.25) is 0 Å². The molecule has 14 heteroatoms. The lowest BCUT2D eigenvalue weighted by Gasteiger charge is -2.42. The monoisotopic (exact) mass is 696 g/mol. The summed E-state index contributed by atoms with van der Waals surface area (Å²) in [5, 5.41) is 71.3. The third-order valence-electron chi connectivity index (χ3n) is 8.87. The Morgan fingerprint density at radius 1 is 0.604 bits per heavy atom. The highest BCUT2D eigenvalue weighted by Crippen LogP contribution is 2.26. The van der Waals surface area contributed by atoms with Gasteiger partial charge in [-0.2, -0.15) is 0 Å². The van der Waals surface area contributed by atoms with E-state index >= 15 is 0 Å². The Morgan fingerprint density at radius 2 is 1.10 bits per heavy atom. The molecule has 0 aromatic carbocycles. The molecular weight excluding hydrogens is 632 g/mol. The van der Waals surface area contributed by atoms with Crippen LogP contribution in [0.5, 0.6) is 0 Å². The number of hydrogen-bond acceptors (Lipinski definition) is 14. The van der Waals surface area contributed by atoms with Gasteiger partial charge in [0.25, 0.3) is 0 Å². The van der Waals surface area contributed by atoms with E-state index in [1.165, 1.54) is 38.5 Å². The van der Waals surface area contributed by atoms with Crippen molar-refractivity contribution in [3.63, 3.8) is 0 Å². The van der Waals surface area contributed by atoms with Crippen LogP contribution < -0.4 is 0 Å². The first-order valence-corrected chi connectivity index (χ1v) is 18.1. The minimum Gasteiger partial charge on any atom is -0.457 e. The van der Waals surface area contributed by atoms with E-state index in [-0.39, 0.29) is 25.6 Å². The predicted octanol–water partition coefficient (Wildman–Crippen LogP) is 1.45. The Bertz CT molecular complexity index is 819. The molecule has 2 aliphatic heterocycles. The van der Waals surface area contributed by atoms with Gasteiger partial charge in [0, 0.05) is 13.0 Å². The van der Waals surface area contributed by atoms with Gasteiger partial charge in [0.2, 0.25) is 0 Å². The number of aliphatic hydroxyl groups excluding tert-OH is 7. The molecule has 2 heterocycles. The Kier molecular flexibility index (Phi) is 22.5. The number of esters is 1. The Balaban J connectivity index is 1.90. The van der Waals surface area contributed by atoms with Gasteiger partial charge in [-0.1, -0.05) is 90.9 Å². The van der Waals surface area contributed by atoms with Gasteiger partial charge in [0.1, 0.15) is 54.9 Å². The van der Waals surface area contributed by atoms with Crippen molar-refractivity contribution in [2.24, 2.45) is 0 Å². The van der Waals surface area contributed by atoms with Crippen LogP contribution in [-0.2, 0) is 33.2 Å². The minimum atomic E-state index is -1.70. The maximum atomic E-state index is 12.7. The molecule has 284 valence electrons. The van der Waals surface area contributed by atoms with Crippen LogP contribution in [0.15, 0.2) is 0 Å². The lowest BCUT2D eigenvalue weighted by atomic mass is 9.98. The summed E-state index contributed by atoms with van der Waals surface area (Å²) >= 11 is 0. The molecule has 2 fully saturated rings. The number of aliphatic hydroxyl groups is 7. The molecule has 0 aliphatic carbocycles. The number of hydrogen-bond donors (Lipinski definition) is 7. The van der Waals surface area contributed by atoms with Gasteiger partial charge in [0.05, 0.1) is 26.4 Å². The lowest BCUT2D eigenvalue weighted by molar-refractivity contribution is -0.332. The van der Waals surface area contributed by atoms with Crippen LogP contribution in [0.3, 0.4) is 0 Å². The maximum Gasteiger partial charge on any atom is 0.306 e. The van der Waals surface area contributed by atoms with Gasteiger partial charge in [-0.3, -0.25) is 4.79 Å². The average Bonchev–Trinajstić information content (AvgIpc) is 3.08. The summed E-state index contributed by atoms with van der Waals surface area (Å²) in [7, 11) is 0. The van der Waals surface area contributed by atoms with Crippen LogP contribution in [0.4, 0.5) is 0 Å². The fraction of sp³-hybridized carbons (Fsp3) is 0.971. The van der Waals surface area contributed by atoms with Gasteiger partial charge in [-0.15, -0.1) is 0 Å². The number of rotatable bonds is 26. The van der Waals surface area contributed by atoms with Gasteiger partial charge < -0.3 is 64.2 Å². The van der Waals surface area contributed by atoms with E-state index in [0.717, 1.165) is 44.9 Å². The second kappa shape index (κ2) is 25.0. The molecule has 0 aromatic heterocycles. The maximum absolute atomic E-state index is 12.7. The predicted molar refractivity (Wildman–Crippen MR) is 174 cm³/mol. The fourth-order valence-electron chi connectivity index (χ4n) is 5.75. The molecule has 0 saturated carbocycles. The van der Waals surface area contributed by atoms with E-state index in [2.05, 4.69) is 13.8 Å². The first-order chi connectivity index (χ1) is 23.1. The van der Waals surface area contributed by atoms with E-state index < -0.39 is 80.7 Å². The third kappa shape index (κ3) is 15.5. The zero-order valence-corrected chi connectivity index (χ0v) is 29.0. The zero-order chi connectivity index (χ0) is 35.3. The van der Waals surface area contributed by atoms with Gasteiger partial charge >= 0.3 is 5.97 Å². The average molecular weight is 697 g/mol. The van der Waals surface area contributed by atoms with E-state index in [1.807, 2.05) is 0 Å². The summed E-state index contributed by atoms with van der Waals surface area (Å²) in [5.74, 6) is -0.388. The van der Waals surface area contributed by atoms with E-state index in [1.54, 1.807) is 0 Å². The van der Waals surface area contributed by atoms with Gasteiger partial charge in [-0.25, -0.2) is 0 Å². The highest BCUT2D eigenvalue weighted by atomic mass is 16.7. The van der Waals surface area contributed by atoms with Crippen LogP contribution >= 0.6 is 0 Å². The highest BCUT2D eigenvalue weighted by molar-refractivity contribution is 5.69. The van der Waals surface area contributed by atoms with Crippen LogP contribution in [0.1, 0.15) is 110 Å². The SMILES string of the molecule is CCCCCCCCCCOCC(COC1OC(COC2OC(CO)C(O)C(O)C2O)C(O)C(O)C1O)OC(=O)CCCCCCCC. The van der Waals surface area contributed by atoms with Crippen molar-refractivity contribution in [3.05, 3.63) is 0 Å². The molecule has 48 heavy (non-hydrogen) atoms. The van der Waals surface area contributed by atoms with Crippen molar-refractivity contribution >= 4 is 5.97 Å². The number of ether oxygens (including phenoxy) is 6. The molecule has 0 spiro atoms. The second-order valence-electron chi connectivity index (χ2n) is 13.1. The Morgan fingerprint density at radius 3 is 1.69 bits per heavy atom. The summed E-state index contributed by atoms with van der Waals surface area (Å²) in [4.78, 5) is 12.7. The molecule has 11 atom stereocenters. The lowest BCUT2D eigenvalue weighted by Crippen LogP contribution is -2.61. The summed E-state index contributed by atoms with van der Waals surface area (Å²) in [6.07, 6.45) is -0.467. The second-order valence-corrected chi connectivity index (χ2v) is 13.1. The first kappa shape index (κ1) is 43.2. The number of unbranched alkanes of at least 4 members (excludes halogenated alkanes) is 12. The summed E-state index contributed by atoms with van der Waals surface area (Å²) in [6, 6.07) is 0. The van der Waals surface area contributed by atoms with Crippen molar-refractivity contribution in [3.8, 4) is 0 Å². The van der Waals surface area contributed by atoms with Crippen molar-refractivity contribution < 1.29 is 69.0 Å².